The fourth-order valence-electron chi connectivity index (χ4n) is 3.49. The van der Waals surface area contributed by atoms with Crippen molar-refractivity contribution in [3.8, 4) is 28.6 Å². The van der Waals surface area contributed by atoms with E-state index in [4.69, 9.17) is 9.26 Å². The van der Waals surface area contributed by atoms with Crippen LogP contribution in [-0.4, -0.2) is 59.9 Å². The summed E-state index contributed by atoms with van der Waals surface area (Å²) in [6.07, 6.45) is 2.95. The van der Waals surface area contributed by atoms with Gasteiger partial charge in [0.2, 0.25) is 5.82 Å². The average molecular weight is 379 g/mol. The van der Waals surface area contributed by atoms with Crippen LogP contribution < -0.4 is 9.64 Å². The second-order valence-corrected chi connectivity index (χ2v) is 7.05. The quantitative estimate of drug-likeness (QED) is 0.673. The molecule has 7 heteroatoms. The first-order valence-corrected chi connectivity index (χ1v) is 9.57. The standard InChI is InChI=1S/C21H25N5O2/c1-4-17-14-26(12-11-25(17)2)19-10-7-16(13-22-19)21-23-20(24-28-21)15-5-8-18(27-3)9-6-15/h5-10,13,17H,4,11-12,14H2,1-3H3/t17-/m0/s1. The highest BCUT2D eigenvalue weighted by Crippen LogP contribution is 2.25. The van der Waals surface area contributed by atoms with E-state index >= 15 is 0 Å². The van der Waals surface area contributed by atoms with E-state index in [2.05, 4.69) is 38.9 Å². The van der Waals surface area contributed by atoms with Gasteiger partial charge in [0.25, 0.3) is 5.89 Å². The molecule has 1 aromatic carbocycles. The van der Waals surface area contributed by atoms with Crippen molar-refractivity contribution in [1.82, 2.24) is 20.0 Å². The van der Waals surface area contributed by atoms with E-state index in [1.807, 2.05) is 36.4 Å². The SMILES string of the molecule is CC[C@H]1CN(c2ccc(-c3nc(-c4ccc(OC)cc4)no3)cn2)CCN1C. The maximum Gasteiger partial charge on any atom is 0.259 e. The van der Waals surface area contributed by atoms with Gasteiger partial charge in [-0.15, -0.1) is 0 Å². The average Bonchev–Trinajstić information content (AvgIpc) is 3.24. The van der Waals surface area contributed by atoms with Gasteiger partial charge in [-0.25, -0.2) is 4.98 Å². The number of benzene rings is 1. The number of likely N-dealkylation sites (N-methyl/N-ethyl adjacent to an activating group) is 1. The first-order chi connectivity index (χ1) is 13.7. The van der Waals surface area contributed by atoms with Crippen LogP contribution in [0.1, 0.15) is 13.3 Å². The summed E-state index contributed by atoms with van der Waals surface area (Å²) >= 11 is 0. The molecule has 146 valence electrons. The zero-order valence-electron chi connectivity index (χ0n) is 16.5. The molecule has 28 heavy (non-hydrogen) atoms. The lowest BCUT2D eigenvalue weighted by molar-refractivity contribution is 0.213. The molecule has 3 heterocycles. The van der Waals surface area contributed by atoms with Crippen LogP contribution in [0.2, 0.25) is 0 Å². The van der Waals surface area contributed by atoms with Crippen LogP contribution in [0.25, 0.3) is 22.8 Å². The van der Waals surface area contributed by atoms with Crippen LogP contribution in [0.5, 0.6) is 5.75 Å². The number of rotatable bonds is 5. The summed E-state index contributed by atoms with van der Waals surface area (Å²) in [6, 6.07) is 12.2. The van der Waals surface area contributed by atoms with Crippen molar-refractivity contribution < 1.29 is 9.26 Å². The minimum Gasteiger partial charge on any atom is -0.497 e. The number of ether oxygens (including phenoxy) is 1. The lowest BCUT2D eigenvalue weighted by Gasteiger charge is -2.39. The zero-order valence-corrected chi connectivity index (χ0v) is 16.5. The van der Waals surface area contributed by atoms with Crippen molar-refractivity contribution in [2.24, 2.45) is 0 Å². The van der Waals surface area contributed by atoms with Gasteiger partial charge in [0.05, 0.1) is 12.7 Å². The van der Waals surface area contributed by atoms with Gasteiger partial charge in [-0.2, -0.15) is 4.98 Å². The zero-order chi connectivity index (χ0) is 19.5. The Hall–Kier alpha value is -2.93. The number of pyridine rings is 1. The van der Waals surface area contributed by atoms with Crippen molar-refractivity contribution in [3.05, 3.63) is 42.6 Å². The summed E-state index contributed by atoms with van der Waals surface area (Å²) in [6.45, 7) is 5.27. The van der Waals surface area contributed by atoms with Gasteiger partial charge < -0.3 is 14.2 Å². The molecule has 0 amide bonds. The van der Waals surface area contributed by atoms with Crippen LogP contribution in [0.4, 0.5) is 5.82 Å². The molecular formula is C21H25N5O2. The summed E-state index contributed by atoms with van der Waals surface area (Å²) < 4.78 is 10.6. The van der Waals surface area contributed by atoms with Crippen molar-refractivity contribution in [2.75, 3.05) is 38.7 Å². The Balaban J connectivity index is 1.49. The van der Waals surface area contributed by atoms with E-state index in [1.54, 1.807) is 13.3 Å². The predicted octanol–water partition coefficient (Wildman–Crippen LogP) is 3.34. The number of hydrogen-bond acceptors (Lipinski definition) is 7. The predicted molar refractivity (Wildman–Crippen MR) is 108 cm³/mol. The van der Waals surface area contributed by atoms with Gasteiger partial charge in [-0.3, -0.25) is 4.90 Å². The van der Waals surface area contributed by atoms with Crippen molar-refractivity contribution in [3.63, 3.8) is 0 Å². The van der Waals surface area contributed by atoms with E-state index in [9.17, 15) is 0 Å². The number of nitrogens with zero attached hydrogens (tertiary/aromatic N) is 5. The van der Waals surface area contributed by atoms with E-state index in [0.29, 0.717) is 17.8 Å². The second-order valence-electron chi connectivity index (χ2n) is 7.05. The van der Waals surface area contributed by atoms with Gasteiger partial charge in [-0.05, 0) is 49.9 Å². The summed E-state index contributed by atoms with van der Waals surface area (Å²) in [7, 11) is 3.83. The molecule has 7 nitrogen and oxygen atoms in total. The highest BCUT2D eigenvalue weighted by molar-refractivity contribution is 5.61. The van der Waals surface area contributed by atoms with Gasteiger partial charge >= 0.3 is 0 Å². The minimum atomic E-state index is 0.467. The maximum atomic E-state index is 5.44. The van der Waals surface area contributed by atoms with Gasteiger partial charge in [-0.1, -0.05) is 12.1 Å². The summed E-state index contributed by atoms with van der Waals surface area (Å²) in [5.74, 6) is 2.80. The molecule has 1 atom stereocenters. The first kappa shape index (κ1) is 18.4. The molecular weight excluding hydrogens is 354 g/mol. The third-order valence-electron chi connectivity index (χ3n) is 5.34. The lowest BCUT2D eigenvalue weighted by atomic mass is 10.1. The number of anilines is 1. The Bertz CT molecular complexity index is 907. The summed E-state index contributed by atoms with van der Waals surface area (Å²) in [4.78, 5) is 13.9. The molecule has 0 unspecified atom stereocenters. The Morgan fingerprint density at radius 2 is 1.89 bits per heavy atom. The van der Waals surface area contributed by atoms with Gasteiger partial charge in [0, 0.05) is 37.4 Å². The molecule has 0 radical (unpaired) electrons. The first-order valence-electron chi connectivity index (χ1n) is 9.57. The van der Waals surface area contributed by atoms with Crippen LogP contribution in [0.15, 0.2) is 47.1 Å². The van der Waals surface area contributed by atoms with Crippen molar-refractivity contribution in [2.45, 2.75) is 19.4 Å². The summed E-state index contributed by atoms with van der Waals surface area (Å²) in [5, 5.41) is 4.09. The summed E-state index contributed by atoms with van der Waals surface area (Å²) in [5.41, 5.74) is 1.70. The fraction of sp³-hybridized carbons (Fsp3) is 0.381. The fourth-order valence-corrected chi connectivity index (χ4v) is 3.49. The third kappa shape index (κ3) is 3.71. The number of aromatic nitrogens is 3. The number of hydrogen-bond donors (Lipinski definition) is 0. The van der Waals surface area contributed by atoms with E-state index in [1.165, 1.54) is 0 Å². The normalized spacial score (nSPS) is 17.7. The molecule has 1 aliphatic heterocycles. The third-order valence-corrected chi connectivity index (χ3v) is 5.34. The Morgan fingerprint density at radius 1 is 1.11 bits per heavy atom. The van der Waals surface area contributed by atoms with Crippen LogP contribution >= 0.6 is 0 Å². The van der Waals surface area contributed by atoms with Gasteiger partial charge in [0.15, 0.2) is 0 Å². The van der Waals surface area contributed by atoms with Crippen LogP contribution in [0, 0.1) is 0 Å². The van der Waals surface area contributed by atoms with Crippen LogP contribution in [0.3, 0.4) is 0 Å². The minimum absolute atomic E-state index is 0.467. The monoisotopic (exact) mass is 379 g/mol. The molecule has 1 aliphatic rings. The Labute approximate surface area is 164 Å². The number of piperazine rings is 1. The topological polar surface area (TPSA) is 67.5 Å². The van der Waals surface area contributed by atoms with Crippen LogP contribution in [-0.2, 0) is 0 Å². The largest absolute Gasteiger partial charge is 0.497 e. The van der Waals surface area contributed by atoms with Crippen molar-refractivity contribution >= 4 is 5.82 Å². The smallest absolute Gasteiger partial charge is 0.259 e. The molecule has 4 rings (SSSR count). The maximum absolute atomic E-state index is 5.44. The highest BCUT2D eigenvalue weighted by atomic mass is 16.5. The number of methoxy groups -OCH3 is 1. The molecule has 0 aliphatic carbocycles. The van der Waals surface area contributed by atoms with Crippen molar-refractivity contribution in [1.29, 1.82) is 0 Å². The van der Waals surface area contributed by atoms with E-state index in [-0.39, 0.29) is 0 Å². The van der Waals surface area contributed by atoms with Gasteiger partial charge in [0.1, 0.15) is 11.6 Å². The molecule has 2 aromatic heterocycles. The molecule has 0 N–H and O–H groups in total. The molecule has 1 saturated heterocycles. The molecule has 0 spiro atoms. The van der Waals surface area contributed by atoms with E-state index in [0.717, 1.165) is 48.7 Å². The molecule has 0 bridgehead atoms. The molecule has 3 aromatic rings. The van der Waals surface area contributed by atoms with E-state index < -0.39 is 0 Å². The highest BCUT2D eigenvalue weighted by Gasteiger charge is 2.23. The Kier molecular flexibility index (Phi) is 5.25. The molecule has 0 saturated carbocycles. The Morgan fingerprint density at radius 3 is 2.57 bits per heavy atom. The second kappa shape index (κ2) is 7.98. The lowest BCUT2D eigenvalue weighted by Crippen LogP contribution is -2.51. The molecule has 1 fully saturated rings.